The summed E-state index contributed by atoms with van der Waals surface area (Å²) in [5, 5.41) is 3.92. The summed E-state index contributed by atoms with van der Waals surface area (Å²) in [6.07, 6.45) is 0.800. The molecule has 0 fully saturated rings. The molecule has 0 saturated heterocycles. The van der Waals surface area contributed by atoms with Gasteiger partial charge in [0.25, 0.3) is 5.91 Å². The van der Waals surface area contributed by atoms with Gasteiger partial charge >= 0.3 is 0 Å². The van der Waals surface area contributed by atoms with Crippen molar-refractivity contribution in [3.63, 3.8) is 0 Å². The molecule has 2 rings (SSSR count). The molecular weight excluding hydrogens is 491 g/mol. The average molecular weight is 516 g/mol. The lowest BCUT2D eigenvalue weighted by molar-refractivity contribution is -0.142. The van der Waals surface area contributed by atoms with E-state index >= 15 is 0 Å². The number of ether oxygens (including phenoxy) is 1. The summed E-state index contributed by atoms with van der Waals surface area (Å²) in [6, 6.07) is 11.7. The molecule has 2 amide bonds. The van der Waals surface area contributed by atoms with Crippen LogP contribution < -0.4 is 10.1 Å². The molecule has 0 bridgehead atoms. The van der Waals surface area contributed by atoms with Crippen molar-refractivity contribution in [2.24, 2.45) is 0 Å². The SMILES string of the molecule is CC[C@H](C)NC(=O)[C@@H](C)N(Cc1ccc(Cl)cc1)C(=O)COc1ccc(Br)cc1Cl. The number of hydrogen-bond acceptors (Lipinski definition) is 3. The topological polar surface area (TPSA) is 58.6 Å². The van der Waals surface area contributed by atoms with Crippen LogP contribution >= 0.6 is 39.1 Å². The number of amides is 2. The second kappa shape index (κ2) is 11.6. The Morgan fingerprint density at radius 3 is 2.40 bits per heavy atom. The number of benzene rings is 2. The third-order valence-corrected chi connectivity index (χ3v) is 5.72. The summed E-state index contributed by atoms with van der Waals surface area (Å²) in [5.74, 6) is -0.138. The smallest absolute Gasteiger partial charge is 0.261 e. The highest BCUT2D eigenvalue weighted by molar-refractivity contribution is 9.10. The zero-order chi connectivity index (χ0) is 22.3. The van der Waals surface area contributed by atoms with Crippen LogP contribution in [0.2, 0.25) is 10.0 Å². The van der Waals surface area contributed by atoms with Crippen molar-refractivity contribution in [2.45, 2.75) is 45.8 Å². The van der Waals surface area contributed by atoms with Gasteiger partial charge in [0.05, 0.1) is 5.02 Å². The Labute approximate surface area is 195 Å². The van der Waals surface area contributed by atoms with Crippen LogP contribution in [0.1, 0.15) is 32.8 Å². The summed E-state index contributed by atoms with van der Waals surface area (Å²) in [5.41, 5.74) is 0.859. The summed E-state index contributed by atoms with van der Waals surface area (Å²) in [6.45, 7) is 5.63. The molecule has 1 N–H and O–H groups in total. The fraction of sp³-hybridized carbons (Fsp3) is 0.364. The van der Waals surface area contributed by atoms with Crippen LogP contribution in [0, 0.1) is 0 Å². The third kappa shape index (κ3) is 7.18. The maximum Gasteiger partial charge on any atom is 0.261 e. The minimum absolute atomic E-state index is 0.0188. The standard InChI is InChI=1S/C22H25BrCl2N2O3/c1-4-14(2)26-22(29)15(3)27(12-16-5-8-18(24)9-6-16)21(28)13-30-20-10-7-17(23)11-19(20)25/h5-11,14-15H,4,12-13H2,1-3H3,(H,26,29)/t14-,15+/m0/s1. The van der Waals surface area contributed by atoms with E-state index in [-0.39, 0.29) is 31.0 Å². The van der Waals surface area contributed by atoms with Gasteiger partial charge in [-0.05, 0) is 56.2 Å². The number of carbonyl (C=O) groups excluding carboxylic acids is 2. The zero-order valence-electron chi connectivity index (χ0n) is 17.1. The van der Waals surface area contributed by atoms with Crippen LogP contribution in [0.25, 0.3) is 0 Å². The van der Waals surface area contributed by atoms with Crippen LogP contribution in [-0.2, 0) is 16.1 Å². The molecule has 0 aliphatic rings. The number of rotatable bonds is 9. The van der Waals surface area contributed by atoms with E-state index in [1.54, 1.807) is 37.3 Å². The number of nitrogens with one attached hydrogen (secondary N) is 1. The van der Waals surface area contributed by atoms with Gasteiger partial charge in [0, 0.05) is 22.1 Å². The highest BCUT2D eigenvalue weighted by Gasteiger charge is 2.27. The average Bonchev–Trinajstić information content (AvgIpc) is 2.71. The monoisotopic (exact) mass is 514 g/mol. The fourth-order valence-corrected chi connectivity index (χ4v) is 3.50. The predicted octanol–water partition coefficient (Wildman–Crippen LogP) is 5.47. The van der Waals surface area contributed by atoms with Crippen molar-refractivity contribution >= 4 is 50.9 Å². The van der Waals surface area contributed by atoms with E-state index in [0.717, 1.165) is 16.5 Å². The van der Waals surface area contributed by atoms with E-state index in [1.807, 2.05) is 26.0 Å². The minimum Gasteiger partial charge on any atom is -0.482 e. The van der Waals surface area contributed by atoms with Gasteiger partial charge in [-0.1, -0.05) is 58.2 Å². The van der Waals surface area contributed by atoms with Gasteiger partial charge in [-0.2, -0.15) is 0 Å². The van der Waals surface area contributed by atoms with Gasteiger partial charge in [0.15, 0.2) is 6.61 Å². The van der Waals surface area contributed by atoms with Crippen molar-refractivity contribution in [1.82, 2.24) is 10.2 Å². The Kier molecular flexibility index (Phi) is 9.46. The second-order valence-electron chi connectivity index (χ2n) is 7.01. The first-order valence-corrected chi connectivity index (χ1v) is 11.2. The lowest BCUT2D eigenvalue weighted by Crippen LogP contribution is -2.50. The normalized spacial score (nSPS) is 12.7. The zero-order valence-corrected chi connectivity index (χ0v) is 20.2. The minimum atomic E-state index is -0.675. The first-order chi connectivity index (χ1) is 14.2. The summed E-state index contributed by atoms with van der Waals surface area (Å²) in [4.78, 5) is 27.2. The maximum atomic E-state index is 13.0. The first kappa shape index (κ1) is 24.5. The summed E-state index contributed by atoms with van der Waals surface area (Å²) < 4.78 is 6.44. The van der Waals surface area contributed by atoms with E-state index in [9.17, 15) is 9.59 Å². The molecule has 0 radical (unpaired) electrons. The van der Waals surface area contributed by atoms with E-state index in [2.05, 4.69) is 21.2 Å². The Bertz CT molecular complexity index is 877. The van der Waals surface area contributed by atoms with Crippen LogP contribution in [0.4, 0.5) is 0 Å². The highest BCUT2D eigenvalue weighted by Crippen LogP contribution is 2.27. The van der Waals surface area contributed by atoms with Crippen molar-refractivity contribution in [3.8, 4) is 5.75 Å². The molecule has 0 saturated carbocycles. The number of hydrogen-bond donors (Lipinski definition) is 1. The molecular formula is C22H25BrCl2N2O3. The third-order valence-electron chi connectivity index (χ3n) is 4.68. The van der Waals surface area contributed by atoms with E-state index in [4.69, 9.17) is 27.9 Å². The highest BCUT2D eigenvalue weighted by atomic mass is 79.9. The quantitative estimate of drug-likeness (QED) is 0.482. The van der Waals surface area contributed by atoms with Crippen molar-refractivity contribution in [2.75, 3.05) is 6.61 Å². The van der Waals surface area contributed by atoms with Gasteiger partial charge in [-0.25, -0.2) is 0 Å². The molecule has 0 unspecified atom stereocenters. The molecule has 5 nitrogen and oxygen atoms in total. The maximum absolute atomic E-state index is 13.0. The molecule has 2 aromatic rings. The molecule has 0 aliphatic carbocycles. The lowest BCUT2D eigenvalue weighted by atomic mass is 10.1. The van der Waals surface area contributed by atoms with Crippen LogP contribution in [0.3, 0.4) is 0 Å². The number of nitrogens with zero attached hydrogens (tertiary/aromatic N) is 1. The molecule has 30 heavy (non-hydrogen) atoms. The van der Waals surface area contributed by atoms with E-state index in [1.165, 1.54) is 4.90 Å². The molecule has 2 aromatic carbocycles. The van der Waals surface area contributed by atoms with Crippen molar-refractivity contribution in [1.29, 1.82) is 0 Å². The van der Waals surface area contributed by atoms with Crippen LogP contribution in [-0.4, -0.2) is 35.4 Å². The Balaban J connectivity index is 2.16. The first-order valence-electron chi connectivity index (χ1n) is 9.63. The summed E-state index contributed by atoms with van der Waals surface area (Å²) >= 11 is 15.5. The number of halogens is 3. The van der Waals surface area contributed by atoms with E-state index < -0.39 is 6.04 Å². The molecule has 0 spiro atoms. The van der Waals surface area contributed by atoms with Gasteiger partial charge in [-0.3, -0.25) is 9.59 Å². The Morgan fingerprint density at radius 2 is 1.80 bits per heavy atom. The summed E-state index contributed by atoms with van der Waals surface area (Å²) in [7, 11) is 0. The fourth-order valence-electron chi connectivity index (χ4n) is 2.65. The molecule has 0 heterocycles. The van der Waals surface area contributed by atoms with Crippen molar-refractivity contribution < 1.29 is 14.3 Å². The molecule has 2 atom stereocenters. The number of carbonyl (C=O) groups is 2. The van der Waals surface area contributed by atoms with Gasteiger partial charge < -0.3 is 15.0 Å². The van der Waals surface area contributed by atoms with Gasteiger partial charge in [0.1, 0.15) is 11.8 Å². The van der Waals surface area contributed by atoms with Crippen LogP contribution in [0.15, 0.2) is 46.9 Å². The van der Waals surface area contributed by atoms with Gasteiger partial charge in [-0.15, -0.1) is 0 Å². The largest absolute Gasteiger partial charge is 0.482 e. The Morgan fingerprint density at radius 1 is 1.13 bits per heavy atom. The molecule has 0 aromatic heterocycles. The second-order valence-corrected chi connectivity index (χ2v) is 8.76. The molecule has 8 heteroatoms. The predicted molar refractivity (Wildman–Crippen MR) is 124 cm³/mol. The van der Waals surface area contributed by atoms with Crippen LogP contribution in [0.5, 0.6) is 5.75 Å². The molecule has 0 aliphatic heterocycles. The van der Waals surface area contributed by atoms with Crippen molar-refractivity contribution in [3.05, 3.63) is 62.5 Å². The van der Waals surface area contributed by atoms with E-state index in [0.29, 0.717) is 15.8 Å². The molecule has 162 valence electrons. The van der Waals surface area contributed by atoms with Gasteiger partial charge in [0.2, 0.25) is 5.91 Å². The Hall–Kier alpha value is -1.76. The lowest BCUT2D eigenvalue weighted by Gasteiger charge is -2.29.